The molecular weight excluding hydrogens is 1010 g/mol. The number of oxime groups is 1. The highest BCUT2D eigenvalue weighted by Crippen LogP contribution is 2.62. The first-order valence-corrected chi connectivity index (χ1v) is 31.8. The molecule has 2 aliphatic carbocycles. The molecule has 442 valence electrons. The number of amides is 2. The molecule has 2 amide bonds. The number of nitrogens with zero attached hydrogens (tertiary/aromatic N) is 2. The molecule has 3 aliphatic rings. The highest BCUT2D eigenvalue weighted by atomic mass is 16.7. The molecule has 1 heterocycles. The van der Waals surface area contributed by atoms with Crippen LogP contribution in [-0.4, -0.2) is 71.0 Å². The molecule has 6 unspecified atom stereocenters. The lowest BCUT2D eigenvalue weighted by Crippen LogP contribution is -2.70. The van der Waals surface area contributed by atoms with Crippen LogP contribution in [0.25, 0.3) is 10.8 Å². The van der Waals surface area contributed by atoms with Gasteiger partial charge >= 0.3 is 6.09 Å². The summed E-state index contributed by atoms with van der Waals surface area (Å²) < 4.78 is 21.2. The molecule has 1 aliphatic heterocycles. The molecule has 0 radical (unpaired) electrons. The monoisotopic (exact) mass is 1110 g/mol. The van der Waals surface area contributed by atoms with Crippen molar-refractivity contribution in [3.63, 3.8) is 0 Å². The van der Waals surface area contributed by atoms with Gasteiger partial charge in [-0.25, -0.2) is 4.79 Å². The smallest absolute Gasteiger partial charge is 0.412 e. The van der Waals surface area contributed by atoms with Gasteiger partial charge in [-0.05, 0) is 96.0 Å². The van der Waals surface area contributed by atoms with Crippen molar-refractivity contribution >= 4 is 28.5 Å². The van der Waals surface area contributed by atoms with Gasteiger partial charge in [0.05, 0.1) is 18.2 Å². The minimum atomic E-state index is -1.44. The Labute approximate surface area is 486 Å². The van der Waals surface area contributed by atoms with Gasteiger partial charge < -0.3 is 39.5 Å². The summed E-state index contributed by atoms with van der Waals surface area (Å²) >= 11 is 0. The summed E-state index contributed by atoms with van der Waals surface area (Å²) in [5, 5.41) is 30.7. The zero-order chi connectivity index (χ0) is 56.9. The molecule has 11 nitrogen and oxygen atoms in total. The molecule has 0 spiro atoms. The van der Waals surface area contributed by atoms with Crippen LogP contribution in [0, 0.1) is 17.8 Å². The van der Waals surface area contributed by atoms with Gasteiger partial charge in [-0.1, -0.05) is 226 Å². The minimum absolute atomic E-state index is 0.00759. The van der Waals surface area contributed by atoms with Gasteiger partial charge in [0.2, 0.25) is 11.7 Å². The SMILES string of the molecule is C=CCOC12Oc3ccc(OC(=O)NCCCCCCCCCCCC)cc3C3C(CCCCO)C(CCCCO)C=C(C(=NOCc4ccccc4)CC1N(Cc1cccc4ccccc14)C(=O)CCCCCCCCCCC)C32. The largest absolute Gasteiger partial charge is 0.459 e. The number of benzene rings is 4. The lowest BCUT2D eigenvalue weighted by molar-refractivity contribution is -0.258. The maximum absolute atomic E-state index is 15.7. The van der Waals surface area contributed by atoms with E-state index in [-0.39, 0.29) is 50.1 Å². The Kier molecular flexibility index (Phi) is 27.1. The third-order valence-electron chi connectivity index (χ3n) is 17.3. The number of fused-ring (bicyclic) bond motifs is 3. The molecule has 6 atom stereocenters. The molecule has 11 heteroatoms. The van der Waals surface area contributed by atoms with Gasteiger partial charge in [-0.2, -0.15) is 0 Å². The van der Waals surface area contributed by atoms with Crippen LogP contribution in [-0.2, 0) is 27.5 Å². The number of hydrogen-bond acceptors (Lipinski definition) is 9. The molecule has 0 aromatic heterocycles. The Hall–Kier alpha value is -5.49. The van der Waals surface area contributed by atoms with Crippen LogP contribution in [0.3, 0.4) is 0 Å². The second kappa shape index (κ2) is 34.8. The molecule has 1 fully saturated rings. The Morgan fingerprint density at radius 3 is 2.07 bits per heavy atom. The third kappa shape index (κ3) is 18.3. The summed E-state index contributed by atoms with van der Waals surface area (Å²) in [5.41, 5.74) is 4.63. The summed E-state index contributed by atoms with van der Waals surface area (Å²) in [7, 11) is 0. The van der Waals surface area contributed by atoms with E-state index in [9.17, 15) is 15.0 Å². The number of carbonyl (C=O) groups excluding carboxylic acids is 2. The molecule has 81 heavy (non-hydrogen) atoms. The molecule has 1 saturated carbocycles. The normalized spacial score (nSPS) is 20.5. The fraction of sp³-hybridized carbons (Fsp3) is 0.586. The van der Waals surface area contributed by atoms with Crippen molar-refractivity contribution in [3.8, 4) is 11.5 Å². The third-order valence-corrected chi connectivity index (χ3v) is 17.3. The van der Waals surface area contributed by atoms with Gasteiger partial charge in [-0.3, -0.25) is 4.79 Å². The van der Waals surface area contributed by atoms with Crippen molar-refractivity contribution in [2.75, 3.05) is 26.4 Å². The van der Waals surface area contributed by atoms with Gasteiger partial charge in [-0.15, -0.1) is 6.58 Å². The first-order valence-electron chi connectivity index (χ1n) is 31.8. The van der Waals surface area contributed by atoms with Crippen LogP contribution in [0.1, 0.15) is 210 Å². The lowest BCUT2D eigenvalue weighted by Gasteiger charge is -2.60. The van der Waals surface area contributed by atoms with Crippen LogP contribution in [0.2, 0.25) is 0 Å². The number of rotatable bonds is 39. The quantitative estimate of drug-likeness (QED) is 0.0228. The maximum atomic E-state index is 15.7. The fourth-order valence-corrected chi connectivity index (χ4v) is 13.1. The predicted molar refractivity (Wildman–Crippen MR) is 328 cm³/mol. The predicted octanol–water partition coefficient (Wildman–Crippen LogP) is 16.6. The van der Waals surface area contributed by atoms with E-state index in [2.05, 4.69) is 74.3 Å². The highest BCUT2D eigenvalue weighted by Gasteiger charge is 2.65. The van der Waals surface area contributed by atoms with E-state index in [1.165, 1.54) is 83.5 Å². The fourth-order valence-electron chi connectivity index (χ4n) is 13.1. The van der Waals surface area contributed by atoms with Crippen molar-refractivity contribution in [1.82, 2.24) is 10.2 Å². The number of aliphatic hydroxyl groups excluding tert-OH is 2. The van der Waals surface area contributed by atoms with E-state index in [0.29, 0.717) is 50.3 Å². The van der Waals surface area contributed by atoms with E-state index in [0.717, 1.165) is 103 Å². The zero-order valence-electron chi connectivity index (χ0n) is 49.5. The van der Waals surface area contributed by atoms with E-state index in [1.807, 2.05) is 53.4 Å². The average Bonchev–Trinajstić information content (AvgIpc) is 1.50. The summed E-state index contributed by atoms with van der Waals surface area (Å²) in [6.07, 6.45) is 31.3. The Morgan fingerprint density at radius 2 is 1.38 bits per heavy atom. The number of ether oxygens (including phenoxy) is 3. The Balaban J connectivity index is 1.29. The van der Waals surface area contributed by atoms with E-state index >= 15 is 4.79 Å². The van der Waals surface area contributed by atoms with Crippen molar-refractivity contribution in [2.24, 2.45) is 22.9 Å². The molecule has 4 aromatic carbocycles. The standard InChI is InChI=1S/C70H99N3O8/c1-4-7-9-11-13-15-17-19-21-30-45-71-69(77)80-58-43-44-64-62(50-58)67-60(41-29-32-47-75)56(37-28-31-46-74)49-61-63(72-79-53-54-34-23-22-24-35-54)51-65(70(81-64,68(61)67)78-48-6-3)73(52-57-39-33-38-55-36-26-27-40-59(55)57)66(76)42-25-20-18-16-14-12-10-8-5-2/h6,22-24,26-27,33-36,38-40,43-44,49-50,56,60,65,67-68,74-75H,3-5,7-21,25,28-32,37,41-42,45-48,51-53H2,1-2H3,(H,71,77). The Bertz CT molecular complexity index is 2560. The first kappa shape index (κ1) is 63.1. The van der Waals surface area contributed by atoms with E-state index < -0.39 is 23.8 Å². The molecule has 3 N–H and O–H groups in total. The van der Waals surface area contributed by atoms with Crippen molar-refractivity contribution in [3.05, 3.63) is 132 Å². The van der Waals surface area contributed by atoms with Gasteiger partial charge in [0.25, 0.3) is 0 Å². The number of carbonyl (C=O) groups is 2. The van der Waals surface area contributed by atoms with Crippen molar-refractivity contribution < 1.29 is 38.9 Å². The van der Waals surface area contributed by atoms with Crippen LogP contribution in [0.4, 0.5) is 4.79 Å². The topological polar surface area (TPSA) is 139 Å². The van der Waals surface area contributed by atoms with Crippen LogP contribution in [0.15, 0.2) is 120 Å². The number of aliphatic hydroxyl groups is 2. The van der Waals surface area contributed by atoms with E-state index in [1.54, 1.807) is 6.08 Å². The second-order valence-corrected chi connectivity index (χ2v) is 23.3. The zero-order valence-corrected chi connectivity index (χ0v) is 49.5. The van der Waals surface area contributed by atoms with Crippen LogP contribution < -0.4 is 14.8 Å². The number of hydrogen-bond donors (Lipinski definition) is 3. The van der Waals surface area contributed by atoms with Gasteiger partial charge in [0, 0.05) is 50.6 Å². The molecule has 0 saturated heterocycles. The number of unbranched alkanes of at least 4 members (excludes halogenated alkanes) is 19. The summed E-state index contributed by atoms with van der Waals surface area (Å²) in [4.78, 5) is 37.7. The second-order valence-electron chi connectivity index (χ2n) is 23.3. The van der Waals surface area contributed by atoms with Crippen molar-refractivity contribution in [1.29, 1.82) is 0 Å². The van der Waals surface area contributed by atoms with E-state index in [4.69, 9.17) is 24.2 Å². The summed E-state index contributed by atoms with van der Waals surface area (Å²) in [6.45, 7) is 10.1. The molecule has 4 aromatic rings. The van der Waals surface area contributed by atoms with Gasteiger partial charge in [0.15, 0.2) is 0 Å². The number of nitrogens with one attached hydrogen (secondary N) is 1. The van der Waals surface area contributed by atoms with Crippen LogP contribution >= 0.6 is 0 Å². The van der Waals surface area contributed by atoms with Gasteiger partial charge in [0.1, 0.15) is 24.1 Å². The summed E-state index contributed by atoms with van der Waals surface area (Å²) in [5.74, 6) is -1.10. The minimum Gasteiger partial charge on any atom is -0.459 e. The first-order chi connectivity index (χ1) is 39.8. The Morgan fingerprint density at radius 1 is 0.741 bits per heavy atom. The number of allylic oxidation sites excluding steroid dienone is 1. The summed E-state index contributed by atoms with van der Waals surface area (Å²) in [6, 6.07) is 29.8. The maximum Gasteiger partial charge on any atom is 0.412 e. The van der Waals surface area contributed by atoms with Crippen LogP contribution in [0.5, 0.6) is 11.5 Å². The molecular formula is C70H99N3O8. The lowest BCUT2D eigenvalue weighted by atomic mass is 9.55. The van der Waals surface area contributed by atoms with Crippen molar-refractivity contribution in [2.45, 2.75) is 218 Å². The molecule has 0 bridgehead atoms. The highest BCUT2D eigenvalue weighted by molar-refractivity contribution is 6.03. The molecule has 7 rings (SSSR count). The average molecular weight is 1110 g/mol.